The van der Waals surface area contributed by atoms with Crippen molar-refractivity contribution in [2.45, 2.75) is 32.0 Å². The highest BCUT2D eigenvalue weighted by Crippen LogP contribution is 2.35. The Labute approximate surface area is 226 Å². The van der Waals surface area contributed by atoms with E-state index in [2.05, 4.69) is 58.3 Å². The molecule has 39 heavy (non-hydrogen) atoms. The van der Waals surface area contributed by atoms with Crippen LogP contribution in [0.5, 0.6) is 0 Å². The molecule has 0 spiro atoms. The van der Waals surface area contributed by atoms with Gasteiger partial charge in [0, 0.05) is 43.0 Å². The number of morpholine rings is 1. The van der Waals surface area contributed by atoms with Crippen molar-refractivity contribution in [3.63, 3.8) is 0 Å². The number of amides is 1. The molecule has 1 fully saturated rings. The minimum Gasteiger partial charge on any atom is -0.373 e. The first kappa shape index (κ1) is 25.3. The van der Waals surface area contributed by atoms with Gasteiger partial charge in [-0.25, -0.2) is 14.4 Å². The third-order valence-corrected chi connectivity index (χ3v) is 8.10. The van der Waals surface area contributed by atoms with Crippen LogP contribution in [0.3, 0.4) is 0 Å². The number of hydrogen-bond donors (Lipinski definition) is 2. The molecule has 9 nitrogen and oxygen atoms in total. The summed E-state index contributed by atoms with van der Waals surface area (Å²) in [6, 6.07) is 10.6. The Morgan fingerprint density at radius 3 is 2.77 bits per heavy atom. The van der Waals surface area contributed by atoms with E-state index in [9.17, 15) is 9.18 Å². The van der Waals surface area contributed by atoms with E-state index in [1.54, 1.807) is 12.4 Å². The fourth-order valence-electron chi connectivity index (χ4n) is 5.23. The van der Waals surface area contributed by atoms with Crippen LogP contribution in [-0.4, -0.2) is 70.6 Å². The Bertz CT molecular complexity index is 1550. The third kappa shape index (κ3) is 4.49. The van der Waals surface area contributed by atoms with E-state index in [1.165, 1.54) is 12.1 Å². The fourth-order valence-corrected chi connectivity index (χ4v) is 5.23. The Morgan fingerprint density at radius 2 is 2.00 bits per heavy atom. The van der Waals surface area contributed by atoms with Gasteiger partial charge in [0.05, 0.1) is 47.7 Å². The highest BCUT2D eigenvalue weighted by atomic mass is 19.1. The number of fused-ring (bicyclic) bond motifs is 2. The molecule has 1 amide bonds. The molecule has 10 heteroatoms. The Hall–Kier alpha value is -4.02. The molecular formula is C29H32FN7O2. The number of rotatable bonds is 6. The van der Waals surface area contributed by atoms with Gasteiger partial charge in [0.15, 0.2) is 0 Å². The maximum absolute atomic E-state index is 13.7. The van der Waals surface area contributed by atoms with Gasteiger partial charge in [-0.2, -0.15) is 0 Å². The van der Waals surface area contributed by atoms with Crippen molar-refractivity contribution in [2.75, 3.05) is 44.0 Å². The van der Waals surface area contributed by atoms with Crippen LogP contribution in [0.1, 0.15) is 29.8 Å². The number of aromatic nitrogens is 3. The van der Waals surface area contributed by atoms with Gasteiger partial charge in [0.1, 0.15) is 17.3 Å². The van der Waals surface area contributed by atoms with E-state index in [-0.39, 0.29) is 23.4 Å². The van der Waals surface area contributed by atoms with Gasteiger partial charge in [-0.1, -0.05) is 6.07 Å². The summed E-state index contributed by atoms with van der Waals surface area (Å²) < 4.78 is 21.6. The van der Waals surface area contributed by atoms with Crippen molar-refractivity contribution in [1.29, 1.82) is 0 Å². The molecule has 2 aliphatic rings. The number of nitrogens with zero attached hydrogens (tertiary/aromatic N) is 5. The third-order valence-electron chi connectivity index (χ3n) is 8.10. The number of hydrogen-bond acceptors (Lipinski definition) is 7. The summed E-state index contributed by atoms with van der Waals surface area (Å²) in [5, 5.41) is 6.27. The lowest BCUT2D eigenvalue weighted by Gasteiger charge is -2.45. The maximum Gasteiger partial charge on any atom is 0.254 e. The van der Waals surface area contributed by atoms with Gasteiger partial charge in [0.25, 0.3) is 5.91 Å². The lowest BCUT2D eigenvalue weighted by Crippen LogP contribution is -2.57. The number of imidazole rings is 1. The van der Waals surface area contributed by atoms with Crippen molar-refractivity contribution >= 4 is 28.7 Å². The Balaban J connectivity index is 1.25. The zero-order valence-corrected chi connectivity index (χ0v) is 22.5. The van der Waals surface area contributed by atoms with Crippen molar-refractivity contribution in [1.82, 2.24) is 24.6 Å². The maximum atomic E-state index is 13.7. The molecule has 6 rings (SSSR count). The van der Waals surface area contributed by atoms with Gasteiger partial charge in [-0.05, 0) is 57.8 Å². The molecule has 5 heterocycles. The molecule has 1 aromatic carbocycles. The standard InChI is InChI=1S/C29H32FN7O2/c1-29(2,35(3)4)24-17-36(11-12-39-24)19-5-8-25(31-14-19)34-22-7-6-20(21-15-33-28(38)27(21)22)23-16-32-26-13-18(30)9-10-37(23)26/h5-10,13-14,16,24H,11-12,15,17H2,1-4H3,(H,31,34)(H,33,38)/t24-/m1/s1. The second-order valence-corrected chi connectivity index (χ2v) is 10.8. The smallest absolute Gasteiger partial charge is 0.254 e. The molecule has 4 aromatic rings. The summed E-state index contributed by atoms with van der Waals surface area (Å²) >= 11 is 0. The van der Waals surface area contributed by atoms with Crippen LogP contribution in [-0.2, 0) is 11.3 Å². The van der Waals surface area contributed by atoms with E-state index >= 15 is 0 Å². The number of likely N-dealkylation sites (N-methyl/N-ethyl adjacent to an activating group) is 1. The molecule has 2 aliphatic heterocycles. The number of anilines is 3. The van der Waals surface area contributed by atoms with E-state index in [4.69, 9.17) is 4.74 Å². The molecule has 1 atom stereocenters. The number of nitrogens with one attached hydrogen (secondary N) is 2. The molecule has 0 unspecified atom stereocenters. The predicted octanol–water partition coefficient (Wildman–Crippen LogP) is 4.07. The zero-order valence-electron chi connectivity index (χ0n) is 22.5. The van der Waals surface area contributed by atoms with Crippen LogP contribution in [0.2, 0.25) is 0 Å². The van der Waals surface area contributed by atoms with Gasteiger partial charge >= 0.3 is 0 Å². The van der Waals surface area contributed by atoms with Gasteiger partial charge in [0.2, 0.25) is 0 Å². The lowest BCUT2D eigenvalue weighted by molar-refractivity contribution is -0.0484. The lowest BCUT2D eigenvalue weighted by atomic mass is 9.94. The Kier molecular flexibility index (Phi) is 6.23. The number of carbonyl (C=O) groups excluding carboxylic acids is 1. The Morgan fingerprint density at radius 1 is 1.15 bits per heavy atom. The fraction of sp³-hybridized carbons (Fsp3) is 0.345. The van der Waals surface area contributed by atoms with Gasteiger partial charge in [-0.3, -0.25) is 9.20 Å². The highest BCUT2D eigenvalue weighted by molar-refractivity contribution is 6.06. The number of ether oxygens (including phenoxy) is 1. The predicted molar refractivity (Wildman–Crippen MR) is 149 cm³/mol. The second kappa shape index (κ2) is 9.62. The molecule has 3 aromatic heterocycles. The molecule has 0 radical (unpaired) electrons. The summed E-state index contributed by atoms with van der Waals surface area (Å²) in [6.07, 6.45) is 5.29. The van der Waals surface area contributed by atoms with Crippen LogP contribution in [0.25, 0.3) is 16.9 Å². The molecule has 2 N–H and O–H groups in total. The van der Waals surface area contributed by atoms with E-state index in [1.807, 2.05) is 34.9 Å². The average molecular weight is 530 g/mol. The minimum absolute atomic E-state index is 0.0746. The van der Waals surface area contributed by atoms with Crippen molar-refractivity contribution in [3.8, 4) is 11.3 Å². The van der Waals surface area contributed by atoms with Crippen molar-refractivity contribution < 1.29 is 13.9 Å². The van der Waals surface area contributed by atoms with Crippen LogP contribution in [0.4, 0.5) is 21.6 Å². The topological polar surface area (TPSA) is 87.0 Å². The number of carbonyl (C=O) groups is 1. The van der Waals surface area contributed by atoms with Crippen molar-refractivity contribution in [3.05, 3.63) is 71.9 Å². The molecule has 202 valence electrons. The first-order valence-electron chi connectivity index (χ1n) is 13.1. The van der Waals surface area contributed by atoms with Crippen LogP contribution < -0.4 is 15.5 Å². The van der Waals surface area contributed by atoms with Crippen molar-refractivity contribution in [2.24, 2.45) is 0 Å². The largest absolute Gasteiger partial charge is 0.373 e. The summed E-state index contributed by atoms with van der Waals surface area (Å²) in [7, 11) is 4.15. The summed E-state index contributed by atoms with van der Waals surface area (Å²) in [5.41, 5.74) is 5.26. The number of benzene rings is 1. The number of pyridine rings is 2. The summed E-state index contributed by atoms with van der Waals surface area (Å²) in [6.45, 7) is 7.05. The van der Waals surface area contributed by atoms with Crippen LogP contribution in [0.15, 0.2) is 55.0 Å². The first-order valence-corrected chi connectivity index (χ1v) is 13.1. The second-order valence-electron chi connectivity index (χ2n) is 10.8. The van der Waals surface area contributed by atoms with E-state index in [0.717, 1.165) is 35.6 Å². The normalized spacial score (nSPS) is 17.5. The number of halogens is 1. The first-order chi connectivity index (χ1) is 18.7. The minimum atomic E-state index is -0.342. The SMILES string of the molecule is CN(C)C(C)(C)[C@H]1CN(c2ccc(Nc3ccc(-c4cnc5cc(F)ccn45)c4c3C(=O)NC4)nc2)CCO1. The molecule has 1 saturated heterocycles. The molecular weight excluding hydrogens is 497 g/mol. The van der Waals surface area contributed by atoms with Gasteiger partial charge < -0.3 is 25.2 Å². The highest BCUT2D eigenvalue weighted by Gasteiger charge is 2.36. The van der Waals surface area contributed by atoms with Crippen LogP contribution >= 0.6 is 0 Å². The summed E-state index contributed by atoms with van der Waals surface area (Å²) in [5.74, 6) is 0.163. The molecule has 0 bridgehead atoms. The quantitative estimate of drug-likeness (QED) is 0.389. The van der Waals surface area contributed by atoms with Crippen LogP contribution in [0, 0.1) is 5.82 Å². The monoisotopic (exact) mass is 529 g/mol. The van der Waals surface area contributed by atoms with E-state index in [0.29, 0.717) is 35.9 Å². The molecule has 0 saturated carbocycles. The van der Waals surface area contributed by atoms with E-state index < -0.39 is 0 Å². The average Bonchev–Trinajstić information content (AvgIpc) is 3.53. The van der Waals surface area contributed by atoms with Gasteiger partial charge in [-0.15, -0.1) is 0 Å². The molecule has 0 aliphatic carbocycles. The summed E-state index contributed by atoms with van der Waals surface area (Å²) in [4.78, 5) is 26.4. The zero-order chi connectivity index (χ0) is 27.3.